The van der Waals surface area contributed by atoms with Crippen LogP contribution in [0.1, 0.15) is 41.1 Å². The fourth-order valence-corrected chi connectivity index (χ4v) is 3.55. The van der Waals surface area contributed by atoms with Crippen LogP contribution in [-0.4, -0.2) is 65.6 Å². The number of carbonyl (C=O) groups is 1. The molecule has 1 N–H and O–H groups in total. The molecule has 0 unspecified atom stereocenters. The van der Waals surface area contributed by atoms with Crippen LogP contribution in [0.5, 0.6) is 0 Å². The van der Waals surface area contributed by atoms with Gasteiger partial charge in [0.25, 0.3) is 0 Å². The summed E-state index contributed by atoms with van der Waals surface area (Å²) < 4.78 is 0. The van der Waals surface area contributed by atoms with Gasteiger partial charge in [-0.15, -0.1) is 11.3 Å². The fraction of sp³-hybridized carbons (Fsp3) is 0.733. The Morgan fingerprint density at radius 3 is 2.38 bits per heavy atom. The molecule has 1 aromatic rings. The number of aromatic nitrogens is 1. The summed E-state index contributed by atoms with van der Waals surface area (Å²) in [6.07, 6.45) is 0.838. The number of hydrogen-bond acceptors (Lipinski definition) is 5. The number of carboxylic acids is 1. The van der Waals surface area contributed by atoms with Gasteiger partial charge in [-0.05, 0) is 7.05 Å². The first-order valence-corrected chi connectivity index (χ1v) is 8.23. The van der Waals surface area contributed by atoms with Gasteiger partial charge in [0.05, 0.1) is 10.7 Å². The molecular weight excluding hydrogens is 286 g/mol. The molecule has 0 aliphatic carbocycles. The van der Waals surface area contributed by atoms with E-state index in [1.54, 1.807) is 0 Å². The molecular formula is C15H25N3O2S. The minimum Gasteiger partial charge on any atom is -0.477 e. The third-order valence-corrected chi connectivity index (χ3v) is 4.92. The number of hydrogen-bond donors (Lipinski definition) is 1. The average Bonchev–Trinajstić information content (AvgIpc) is 2.82. The summed E-state index contributed by atoms with van der Waals surface area (Å²) in [4.78, 5) is 21.1. The van der Waals surface area contributed by atoms with Crippen molar-refractivity contribution < 1.29 is 9.90 Å². The number of rotatable bonds is 4. The molecule has 6 heteroatoms. The van der Waals surface area contributed by atoms with Crippen molar-refractivity contribution in [2.45, 2.75) is 32.6 Å². The van der Waals surface area contributed by atoms with Crippen LogP contribution in [0, 0.1) is 0 Å². The first kappa shape index (κ1) is 16.4. The predicted molar refractivity (Wildman–Crippen MR) is 85.4 cm³/mol. The van der Waals surface area contributed by atoms with Crippen molar-refractivity contribution in [3.05, 3.63) is 15.6 Å². The molecule has 1 saturated heterocycles. The smallest absolute Gasteiger partial charge is 0.347 e. The highest BCUT2D eigenvalue weighted by molar-refractivity contribution is 7.13. The predicted octanol–water partition coefficient (Wildman–Crippen LogP) is 1.93. The maximum atomic E-state index is 11.4. The van der Waals surface area contributed by atoms with Gasteiger partial charge >= 0.3 is 5.97 Å². The molecule has 1 fully saturated rings. The minimum atomic E-state index is -0.858. The van der Waals surface area contributed by atoms with Crippen LogP contribution in [0.4, 0.5) is 0 Å². The Morgan fingerprint density at radius 2 is 1.90 bits per heavy atom. The van der Waals surface area contributed by atoms with Crippen molar-refractivity contribution in [1.29, 1.82) is 0 Å². The highest BCUT2D eigenvalue weighted by atomic mass is 32.1. The summed E-state index contributed by atoms with van der Waals surface area (Å²) >= 11 is 1.34. The van der Waals surface area contributed by atoms with E-state index in [4.69, 9.17) is 0 Å². The Bertz CT molecular complexity index is 500. The van der Waals surface area contributed by atoms with E-state index in [0.29, 0.717) is 10.6 Å². The van der Waals surface area contributed by atoms with Crippen molar-refractivity contribution in [1.82, 2.24) is 14.8 Å². The summed E-state index contributed by atoms with van der Waals surface area (Å²) in [6.45, 7) is 11.4. The lowest BCUT2D eigenvalue weighted by molar-refractivity contribution is 0.0699. The molecule has 118 valence electrons. The van der Waals surface area contributed by atoms with E-state index in [0.717, 1.165) is 44.2 Å². The van der Waals surface area contributed by atoms with Gasteiger partial charge in [0.1, 0.15) is 4.88 Å². The van der Waals surface area contributed by atoms with Crippen LogP contribution in [-0.2, 0) is 11.8 Å². The maximum Gasteiger partial charge on any atom is 0.347 e. The summed E-state index contributed by atoms with van der Waals surface area (Å²) in [5, 5.41) is 10.3. The third-order valence-electron chi connectivity index (χ3n) is 3.81. The second-order valence-electron chi connectivity index (χ2n) is 6.74. The zero-order valence-corrected chi connectivity index (χ0v) is 14.2. The van der Waals surface area contributed by atoms with Gasteiger partial charge in [0, 0.05) is 44.6 Å². The lowest BCUT2D eigenvalue weighted by Crippen LogP contribution is -2.45. The van der Waals surface area contributed by atoms with E-state index >= 15 is 0 Å². The Balaban J connectivity index is 2.02. The van der Waals surface area contributed by atoms with E-state index in [-0.39, 0.29) is 5.41 Å². The molecule has 21 heavy (non-hydrogen) atoms. The van der Waals surface area contributed by atoms with Crippen LogP contribution >= 0.6 is 11.3 Å². The topological polar surface area (TPSA) is 56.7 Å². The summed E-state index contributed by atoms with van der Waals surface area (Å²) in [5.41, 5.74) is 0.490. The van der Waals surface area contributed by atoms with E-state index in [1.807, 2.05) is 20.8 Å². The van der Waals surface area contributed by atoms with E-state index in [2.05, 4.69) is 21.8 Å². The molecule has 1 aromatic heterocycles. The van der Waals surface area contributed by atoms with Crippen LogP contribution in [0.2, 0.25) is 0 Å². The lowest BCUT2D eigenvalue weighted by atomic mass is 9.91. The molecule has 5 nitrogen and oxygen atoms in total. The molecule has 0 bridgehead atoms. The van der Waals surface area contributed by atoms with Crippen molar-refractivity contribution in [3.8, 4) is 0 Å². The maximum absolute atomic E-state index is 11.4. The number of thiazole rings is 1. The molecule has 0 spiro atoms. The van der Waals surface area contributed by atoms with Gasteiger partial charge < -0.3 is 14.9 Å². The Labute approximate surface area is 130 Å². The van der Waals surface area contributed by atoms with Crippen LogP contribution in [0.3, 0.4) is 0 Å². The Morgan fingerprint density at radius 1 is 1.29 bits per heavy atom. The van der Waals surface area contributed by atoms with Gasteiger partial charge in [-0.3, -0.25) is 0 Å². The molecule has 1 aliphatic heterocycles. The average molecular weight is 311 g/mol. The number of nitrogens with zero attached hydrogens (tertiary/aromatic N) is 3. The Hall–Kier alpha value is -0.980. The lowest BCUT2D eigenvalue weighted by Gasteiger charge is -2.32. The number of piperazine rings is 1. The second-order valence-corrected chi connectivity index (χ2v) is 7.82. The van der Waals surface area contributed by atoms with Crippen LogP contribution in [0.15, 0.2) is 0 Å². The molecule has 0 atom stereocenters. The molecule has 2 heterocycles. The summed E-state index contributed by atoms with van der Waals surface area (Å²) in [6, 6.07) is 0. The number of aromatic carboxylic acids is 1. The van der Waals surface area contributed by atoms with Gasteiger partial charge in [0.2, 0.25) is 0 Å². The van der Waals surface area contributed by atoms with Gasteiger partial charge in [-0.2, -0.15) is 0 Å². The van der Waals surface area contributed by atoms with Crippen molar-refractivity contribution in [2.75, 3.05) is 39.8 Å². The van der Waals surface area contributed by atoms with E-state index in [1.165, 1.54) is 11.3 Å². The summed E-state index contributed by atoms with van der Waals surface area (Å²) in [5.74, 6) is -0.858. The summed E-state index contributed by atoms with van der Waals surface area (Å²) in [7, 11) is 2.15. The molecule has 0 saturated carbocycles. The highest BCUT2D eigenvalue weighted by Gasteiger charge is 2.27. The van der Waals surface area contributed by atoms with E-state index in [9.17, 15) is 9.90 Å². The van der Waals surface area contributed by atoms with Gasteiger partial charge in [0.15, 0.2) is 0 Å². The monoisotopic (exact) mass is 311 g/mol. The van der Waals surface area contributed by atoms with Crippen molar-refractivity contribution in [3.63, 3.8) is 0 Å². The number of likely N-dealkylation sites (N-methyl/N-ethyl adjacent to an activating group) is 1. The normalized spacial score (nSPS) is 18.1. The van der Waals surface area contributed by atoms with Crippen LogP contribution < -0.4 is 0 Å². The van der Waals surface area contributed by atoms with Crippen molar-refractivity contribution >= 4 is 17.3 Å². The SMILES string of the molecule is CN1CCN(CCc2nc(C(C)(C)C)c(C(=O)O)s2)CC1. The second kappa shape index (κ2) is 6.42. The minimum absolute atomic E-state index is 0.226. The molecule has 0 aromatic carbocycles. The van der Waals surface area contributed by atoms with Gasteiger partial charge in [-0.1, -0.05) is 20.8 Å². The molecule has 2 rings (SSSR count). The largest absolute Gasteiger partial charge is 0.477 e. The van der Waals surface area contributed by atoms with Crippen LogP contribution in [0.25, 0.3) is 0 Å². The highest BCUT2D eigenvalue weighted by Crippen LogP contribution is 2.30. The third kappa shape index (κ3) is 4.25. The standard InChI is InChI=1S/C15H25N3O2S/c1-15(2,3)13-12(14(19)20)21-11(16-13)5-6-18-9-7-17(4)8-10-18/h5-10H2,1-4H3,(H,19,20). The van der Waals surface area contributed by atoms with Gasteiger partial charge in [-0.25, -0.2) is 9.78 Å². The first-order valence-electron chi connectivity index (χ1n) is 7.42. The van der Waals surface area contributed by atoms with Crippen molar-refractivity contribution in [2.24, 2.45) is 0 Å². The molecule has 1 aliphatic rings. The molecule has 0 amide bonds. The Kier molecular flexibility index (Phi) is 5.01. The fourth-order valence-electron chi connectivity index (χ4n) is 2.45. The molecule has 0 radical (unpaired) electrons. The zero-order chi connectivity index (χ0) is 15.6. The number of carboxylic acid groups (broad SMARTS) is 1. The quantitative estimate of drug-likeness (QED) is 0.921. The van der Waals surface area contributed by atoms with E-state index < -0.39 is 5.97 Å². The first-order chi connectivity index (χ1) is 9.77. The zero-order valence-electron chi connectivity index (χ0n) is 13.3.